The molecule has 0 aromatic carbocycles. The molecular weight excluding hydrogens is 412 g/mol. The topological polar surface area (TPSA) is 80.9 Å². The Morgan fingerprint density at radius 3 is 2.42 bits per heavy atom. The van der Waals surface area contributed by atoms with Crippen LogP contribution in [0.5, 0.6) is 0 Å². The van der Waals surface area contributed by atoms with Gasteiger partial charge in [-0.2, -0.15) is 0 Å². The standard InChI is InChI=1S/C29H50O4/c1-20(8-5-15-28(2,3)33)24-13-14-25-22(9-6-16-29(24,25)4)12-11-21-18-26(31)23(10-7-17-30)27(32)19-21/h11-12,20,23-27,30-33H,5-10,13-19H2,1-4H3/b21-11?,22-12+/t20-,23?,24-,25?,26-,27-,29-/m1/s1. The third kappa shape index (κ3) is 6.72. The minimum atomic E-state index is -0.560. The van der Waals surface area contributed by atoms with Crippen molar-refractivity contribution in [3.8, 4) is 0 Å². The van der Waals surface area contributed by atoms with Gasteiger partial charge < -0.3 is 20.4 Å². The van der Waals surface area contributed by atoms with E-state index in [-0.39, 0.29) is 12.5 Å². The molecule has 0 heterocycles. The van der Waals surface area contributed by atoms with Gasteiger partial charge in [-0.05, 0) is 101 Å². The van der Waals surface area contributed by atoms with E-state index in [0.717, 1.165) is 24.3 Å². The van der Waals surface area contributed by atoms with E-state index in [1.165, 1.54) is 38.5 Å². The average molecular weight is 463 g/mol. The summed E-state index contributed by atoms with van der Waals surface area (Å²) in [6, 6.07) is 0. The lowest BCUT2D eigenvalue weighted by Crippen LogP contribution is -2.37. The Labute approximate surface area is 202 Å². The second-order valence-electron chi connectivity index (χ2n) is 12.4. The first kappa shape index (κ1) is 26.9. The molecule has 0 spiro atoms. The Hall–Kier alpha value is -0.680. The van der Waals surface area contributed by atoms with E-state index in [1.54, 1.807) is 5.57 Å². The number of aliphatic hydroxyl groups is 4. The van der Waals surface area contributed by atoms with Gasteiger partial charge >= 0.3 is 0 Å². The van der Waals surface area contributed by atoms with Gasteiger partial charge in [0.2, 0.25) is 0 Å². The minimum Gasteiger partial charge on any atom is -0.396 e. The molecular formula is C29H50O4. The maximum absolute atomic E-state index is 10.6. The molecule has 190 valence electrons. The van der Waals surface area contributed by atoms with Crippen LogP contribution in [0, 0.1) is 29.1 Å². The van der Waals surface area contributed by atoms with Crippen LogP contribution >= 0.6 is 0 Å². The fourth-order valence-electron chi connectivity index (χ4n) is 7.52. The first-order valence-electron chi connectivity index (χ1n) is 13.6. The van der Waals surface area contributed by atoms with E-state index in [0.29, 0.717) is 42.9 Å². The van der Waals surface area contributed by atoms with Crippen molar-refractivity contribution in [1.82, 2.24) is 0 Å². The summed E-state index contributed by atoms with van der Waals surface area (Å²) in [7, 11) is 0. The first-order valence-corrected chi connectivity index (χ1v) is 13.6. The molecule has 0 aromatic rings. The van der Waals surface area contributed by atoms with E-state index in [9.17, 15) is 15.3 Å². The van der Waals surface area contributed by atoms with Crippen LogP contribution in [-0.4, -0.2) is 44.8 Å². The molecule has 33 heavy (non-hydrogen) atoms. The highest BCUT2D eigenvalue weighted by Crippen LogP contribution is 2.60. The number of fused-ring (bicyclic) bond motifs is 1. The van der Waals surface area contributed by atoms with Crippen LogP contribution in [0.15, 0.2) is 23.3 Å². The zero-order valence-electron chi connectivity index (χ0n) is 21.6. The number of allylic oxidation sites excluding steroid dienone is 3. The fourth-order valence-corrected chi connectivity index (χ4v) is 7.52. The van der Waals surface area contributed by atoms with Crippen LogP contribution < -0.4 is 0 Å². The Morgan fingerprint density at radius 1 is 1.09 bits per heavy atom. The summed E-state index contributed by atoms with van der Waals surface area (Å²) in [4.78, 5) is 0. The van der Waals surface area contributed by atoms with Crippen LogP contribution in [0.3, 0.4) is 0 Å². The molecule has 3 fully saturated rings. The van der Waals surface area contributed by atoms with E-state index in [2.05, 4.69) is 26.0 Å². The maximum atomic E-state index is 10.6. The van der Waals surface area contributed by atoms with Gasteiger partial charge in [0, 0.05) is 12.5 Å². The summed E-state index contributed by atoms with van der Waals surface area (Å²) >= 11 is 0. The van der Waals surface area contributed by atoms with Crippen molar-refractivity contribution in [2.45, 2.75) is 123 Å². The molecule has 0 aliphatic heterocycles. The summed E-state index contributed by atoms with van der Waals surface area (Å²) in [5.41, 5.74) is 2.55. The Balaban J connectivity index is 1.64. The van der Waals surface area contributed by atoms with Crippen LogP contribution in [0.25, 0.3) is 0 Å². The van der Waals surface area contributed by atoms with Crippen LogP contribution in [0.4, 0.5) is 0 Å². The maximum Gasteiger partial charge on any atom is 0.0630 e. The lowest BCUT2D eigenvalue weighted by Gasteiger charge is -2.44. The molecule has 3 aliphatic rings. The normalized spacial score (nSPS) is 37.3. The van der Waals surface area contributed by atoms with Crippen LogP contribution in [0.1, 0.15) is 105 Å². The monoisotopic (exact) mass is 462 g/mol. The van der Waals surface area contributed by atoms with E-state index in [1.807, 2.05) is 13.8 Å². The molecule has 3 aliphatic carbocycles. The molecule has 4 nitrogen and oxygen atoms in total. The quantitative estimate of drug-likeness (QED) is 0.363. The summed E-state index contributed by atoms with van der Waals surface area (Å²) < 4.78 is 0. The molecule has 6 atom stereocenters. The third-order valence-electron chi connectivity index (χ3n) is 9.33. The molecule has 0 saturated heterocycles. The smallest absolute Gasteiger partial charge is 0.0630 e. The summed E-state index contributed by atoms with van der Waals surface area (Å²) in [6.07, 6.45) is 15.6. The van der Waals surface area contributed by atoms with Gasteiger partial charge in [-0.15, -0.1) is 0 Å². The van der Waals surface area contributed by atoms with Gasteiger partial charge in [0.15, 0.2) is 0 Å². The largest absolute Gasteiger partial charge is 0.396 e. The van der Waals surface area contributed by atoms with E-state index < -0.39 is 17.8 Å². The van der Waals surface area contributed by atoms with Crippen molar-refractivity contribution in [3.05, 3.63) is 23.3 Å². The van der Waals surface area contributed by atoms with Crippen molar-refractivity contribution in [2.24, 2.45) is 29.1 Å². The molecule has 0 amide bonds. The molecule has 0 bridgehead atoms. The van der Waals surface area contributed by atoms with Gasteiger partial charge in [-0.3, -0.25) is 0 Å². The van der Waals surface area contributed by atoms with Crippen molar-refractivity contribution >= 4 is 0 Å². The predicted molar refractivity (Wildman–Crippen MR) is 135 cm³/mol. The van der Waals surface area contributed by atoms with E-state index in [4.69, 9.17) is 5.11 Å². The lowest BCUT2D eigenvalue weighted by atomic mass is 9.60. The zero-order chi connectivity index (χ0) is 24.2. The molecule has 3 rings (SSSR count). The van der Waals surface area contributed by atoms with Gasteiger partial charge in [0.05, 0.1) is 17.8 Å². The highest BCUT2D eigenvalue weighted by molar-refractivity contribution is 5.26. The molecule has 4 N–H and O–H groups in total. The van der Waals surface area contributed by atoms with Gasteiger partial charge in [0.25, 0.3) is 0 Å². The number of aliphatic hydroxyl groups excluding tert-OH is 3. The Bertz CT molecular complexity index is 676. The second kappa shape index (κ2) is 11.4. The zero-order valence-corrected chi connectivity index (χ0v) is 21.6. The number of rotatable bonds is 9. The molecule has 0 aromatic heterocycles. The molecule has 4 heteroatoms. The summed E-state index contributed by atoms with van der Waals surface area (Å²) in [5, 5.41) is 40.3. The van der Waals surface area contributed by atoms with E-state index >= 15 is 0 Å². The lowest BCUT2D eigenvalue weighted by molar-refractivity contribution is -0.0119. The van der Waals surface area contributed by atoms with Crippen molar-refractivity contribution < 1.29 is 20.4 Å². The summed E-state index contributed by atoms with van der Waals surface area (Å²) in [5.74, 6) is 1.99. The van der Waals surface area contributed by atoms with Gasteiger partial charge in [-0.25, -0.2) is 0 Å². The minimum absolute atomic E-state index is 0.115. The highest BCUT2D eigenvalue weighted by Gasteiger charge is 2.50. The second-order valence-corrected chi connectivity index (χ2v) is 12.4. The van der Waals surface area contributed by atoms with Crippen molar-refractivity contribution in [3.63, 3.8) is 0 Å². The van der Waals surface area contributed by atoms with Crippen molar-refractivity contribution in [2.75, 3.05) is 6.61 Å². The number of hydrogen-bond acceptors (Lipinski definition) is 4. The van der Waals surface area contributed by atoms with Crippen LogP contribution in [-0.2, 0) is 0 Å². The van der Waals surface area contributed by atoms with Gasteiger partial charge in [0.1, 0.15) is 0 Å². The molecule has 0 radical (unpaired) electrons. The first-order chi connectivity index (χ1) is 15.5. The van der Waals surface area contributed by atoms with Gasteiger partial charge in [-0.1, -0.05) is 50.0 Å². The fraction of sp³-hybridized carbons (Fsp3) is 0.862. The number of hydrogen-bond donors (Lipinski definition) is 4. The Morgan fingerprint density at radius 2 is 1.79 bits per heavy atom. The Kier molecular flexibility index (Phi) is 9.27. The SMILES string of the molecule is C[C@H](CCCC(C)(C)O)[C@H]1CCC2/C(=C/C=C3C[C@@H](O)C(CCCO)[C@H](O)C3)CCC[C@@]21C. The summed E-state index contributed by atoms with van der Waals surface area (Å²) in [6.45, 7) is 8.90. The highest BCUT2D eigenvalue weighted by atomic mass is 16.3. The van der Waals surface area contributed by atoms with Crippen LogP contribution in [0.2, 0.25) is 0 Å². The average Bonchev–Trinajstić information content (AvgIpc) is 3.08. The molecule has 1 unspecified atom stereocenters. The van der Waals surface area contributed by atoms with Crippen molar-refractivity contribution in [1.29, 1.82) is 0 Å². The molecule has 3 saturated carbocycles. The third-order valence-corrected chi connectivity index (χ3v) is 9.33. The predicted octanol–water partition coefficient (Wildman–Crippen LogP) is 5.54.